The molecule has 2 heterocycles. The van der Waals surface area contributed by atoms with Gasteiger partial charge in [0.2, 0.25) is 5.95 Å². The van der Waals surface area contributed by atoms with Gasteiger partial charge >= 0.3 is 0 Å². The van der Waals surface area contributed by atoms with Crippen molar-refractivity contribution in [2.45, 2.75) is 18.9 Å². The Morgan fingerprint density at radius 1 is 1.65 bits per heavy atom. The predicted molar refractivity (Wildman–Crippen MR) is 69.0 cm³/mol. The van der Waals surface area contributed by atoms with Gasteiger partial charge in [0.1, 0.15) is 5.02 Å². The van der Waals surface area contributed by atoms with Crippen molar-refractivity contribution in [3.63, 3.8) is 0 Å². The van der Waals surface area contributed by atoms with Crippen LogP contribution in [0.1, 0.15) is 12.8 Å². The fourth-order valence-electron chi connectivity index (χ4n) is 2.01. The van der Waals surface area contributed by atoms with Crippen LogP contribution < -0.4 is 16.6 Å². The van der Waals surface area contributed by atoms with Crippen LogP contribution in [0.15, 0.2) is 6.20 Å². The minimum atomic E-state index is 0.358. The lowest BCUT2D eigenvalue weighted by molar-refractivity contribution is 0.322. The molecule has 17 heavy (non-hydrogen) atoms. The lowest BCUT2D eigenvalue weighted by Gasteiger charge is -2.20. The maximum Gasteiger partial charge on any atom is 0.239 e. The van der Waals surface area contributed by atoms with Gasteiger partial charge in [-0.2, -0.15) is 4.98 Å². The number of aromatic nitrogens is 2. The third-order valence-corrected chi connectivity index (χ3v) is 3.33. The van der Waals surface area contributed by atoms with Gasteiger partial charge in [-0.15, -0.1) is 0 Å². The fraction of sp³-hybridized carbons (Fsp3) is 0.600. The van der Waals surface area contributed by atoms with E-state index in [-0.39, 0.29) is 0 Å². The number of nitrogen functional groups attached to an aromatic ring is 1. The molecule has 1 aromatic heterocycles. The Kier molecular flexibility index (Phi) is 3.98. The molecule has 1 atom stereocenters. The van der Waals surface area contributed by atoms with E-state index in [0.29, 0.717) is 22.8 Å². The summed E-state index contributed by atoms with van der Waals surface area (Å²) in [6.07, 6.45) is 3.98. The van der Waals surface area contributed by atoms with Gasteiger partial charge in [0.05, 0.1) is 6.20 Å². The quantitative estimate of drug-likeness (QED) is 0.549. The Bertz CT molecular complexity index is 385. The predicted octanol–water partition coefficient (Wildman–Crippen LogP) is 0.922. The lowest BCUT2D eigenvalue weighted by atomic mass is 10.2. The van der Waals surface area contributed by atoms with Crippen molar-refractivity contribution in [3.8, 4) is 0 Å². The summed E-state index contributed by atoms with van der Waals surface area (Å²) in [5.74, 6) is 6.23. The van der Waals surface area contributed by atoms with Gasteiger partial charge in [0.15, 0.2) is 5.82 Å². The maximum absolute atomic E-state index is 6.01. The summed E-state index contributed by atoms with van der Waals surface area (Å²) in [6, 6.07) is 0.537. The highest BCUT2D eigenvalue weighted by molar-refractivity contribution is 6.32. The standard InChI is InChI=1S/C10H17ClN6/c1-17-4-2-3-7(17)5-13-9-8(11)6-14-10(15-9)16-12/h6-7H,2-5,12H2,1H3,(H2,13,14,15,16). The molecule has 1 aliphatic heterocycles. The summed E-state index contributed by atoms with van der Waals surface area (Å²) in [4.78, 5) is 10.4. The summed E-state index contributed by atoms with van der Waals surface area (Å²) < 4.78 is 0. The number of nitrogens with two attached hydrogens (primary N) is 1. The van der Waals surface area contributed by atoms with Crippen molar-refractivity contribution in [2.75, 3.05) is 30.9 Å². The van der Waals surface area contributed by atoms with Crippen molar-refractivity contribution >= 4 is 23.4 Å². The van der Waals surface area contributed by atoms with Crippen LogP contribution in [-0.4, -0.2) is 41.0 Å². The molecule has 0 spiro atoms. The number of nitrogens with zero attached hydrogens (tertiary/aromatic N) is 3. The molecule has 1 fully saturated rings. The van der Waals surface area contributed by atoms with Crippen molar-refractivity contribution < 1.29 is 0 Å². The molecule has 0 aromatic carbocycles. The van der Waals surface area contributed by atoms with Gasteiger partial charge in [-0.3, -0.25) is 5.43 Å². The van der Waals surface area contributed by atoms with Crippen LogP contribution in [0.25, 0.3) is 0 Å². The Labute approximate surface area is 106 Å². The van der Waals surface area contributed by atoms with E-state index < -0.39 is 0 Å². The number of nitrogens with one attached hydrogen (secondary N) is 2. The Hall–Kier alpha value is -1.11. The highest BCUT2D eigenvalue weighted by Gasteiger charge is 2.20. The molecule has 1 unspecified atom stereocenters. The van der Waals surface area contributed by atoms with Gasteiger partial charge in [0, 0.05) is 12.6 Å². The first kappa shape index (κ1) is 12.3. The molecule has 0 saturated carbocycles. The summed E-state index contributed by atoms with van der Waals surface area (Å²) in [5, 5.41) is 3.74. The SMILES string of the molecule is CN1CCCC1CNc1nc(NN)ncc1Cl. The minimum Gasteiger partial charge on any atom is -0.367 e. The molecule has 0 bridgehead atoms. The van der Waals surface area contributed by atoms with E-state index in [4.69, 9.17) is 17.4 Å². The number of hydrazine groups is 1. The first-order valence-electron chi connectivity index (χ1n) is 5.64. The molecular weight excluding hydrogens is 240 g/mol. The third kappa shape index (κ3) is 2.96. The van der Waals surface area contributed by atoms with E-state index in [9.17, 15) is 0 Å². The molecule has 1 aliphatic rings. The number of likely N-dealkylation sites (N-methyl/N-ethyl adjacent to an activating group) is 1. The number of hydrogen-bond acceptors (Lipinski definition) is 6. The van der Waals surface area contributed by atoms with Crippen LogP contribution in [0.5, 0.6) is 0 Å². The molecule has 1 saturated heterocycles. The molecule has 7 heteroatoms. The second-order valence-electron chi connectivity index (χ2n) is 4.19. The number of likely N-dealkylation sites (tertiary alicyclic amines) is 1. The molecule has 4 N–H and O–H groups in total. The number of halogens is 1. The average Bonchev–Trinajstić information content (AvgIpc) is 2.74. The van der Waals surface area contributed by atoms with E-state index in [0.717, 1.165) is 13.1 Å². The molecule has 1 aromatic rings. The molecule has 2 rings (SSSR count). The monoisotopic (exact) mass is 256 g/mol. The molecule has 0 aliphatic carbocycles. The van der Waals surface area contributed by atoms with Crippen LogP contribution in [0, 0.1) is 0 Å². The number of anilines is 2. The van der Waals surface area contributed by atoms with Crippen LogP contribution in [0.4, 0.5) is 11.8 Å². The van der Waals surface area contributed by atoms with Crippen LogP contribution in [-0.2, 0) is 0 Å². The fourth-order valence-corrected chi connectivity index (χ4v) is 2.17. The molecule has 0 amide bonds. The van der Waals surface area contributed by atoms with Crippen LogP contribution in [0.3, 0.4) is 0 Å². The molecular formula is C10H17ClN6. The number of hydrogen-bond donors (Lipinski definition) is 3. The van der Waals surface area contributed by atoms with Gasteiger partial charge < -0.3 is 10.2 Å². The normalized spacial score (nSPS) is 20.5. The van der Waals surface area contributed by atoms with Gasteiger partial charge in [-0.25, -0.2) is 10.8 Å². The van der Waals surface area contributed by atoms with E-state index in [2.05, 4.69) is 32.7 Å². The zero-order valence-corrected chi connectivity index (χ0v) is 10.5. The Morgan fingerprint density at radius 2 is 2.47 bits per heavy atom. The second-order valence-corrected chi connectivity index (χ2v) is 4.60. The van der Waals surface area contributed by atoms with Crippen molar-refractivity contribution in [2.24, 2.45) is 5.84 Å². The maximum atomic E-state index is 6.01. The zero-order valence-electron chi connectivity index (χ0n) is 9.78. The Balaban J connectivity index is 1.98. The van der Waals surface area contributed by atoms with Crippen molar-refractivity contribution in [1.29, 1.82) is 0 Å². The minimum absolute atomic E-state index is 0.358. The molecule has 0 radical (unpaired) electrons. The summed E-state index contributed by atoms with van der Waals surface area (Å²) >= 11 is 6.01. The number of rotatable bonds is 4. The van der Waals surface area contributed by atoms with E-state index in [1.54, 1.807) is 0 Å². The van der Waals surface area contributed by atoms with Gasteiger partial charge in [-0.1, -0.05) is 11.6 Å². The average molecular weight is 257 g/mol. The van der Waals surface area contributed by atoms with E-state index >= 15 is 0 Å². The summed E-state index contributed by atoms with van der Waals surface area (Å²) in [5.41, 5.74) is 2.40. The first-order valence-corrected chi connectivity index (χ1v) is 6.02. The molecule has 94 valence electrons. The van der Waals surface area contributed by atoms with Crippen LogP contribution in [0.2, 0.25) is 5.02 Å². The highest BCUT2D eigenvalue weighted by atomic mass is 35.5. The largest absolute Gasteiger partial charge is 0.367 e. The van der Waals surface area contributed by atoms with Gasteiger partial charge in [-0.05, 0) is 26.4 Å². The third-order valence-electron chi connectivity index (χ3n) is 3.05. The van der Waals surface area contributed by atoms with Gasteiger partial charge in [0.25, 0.3) is 0 Å². The summed E-state index contributed by atoms with van der Waals surface area (Å²) in [6.45, 7) is 1.98. The smallest absolute Gasteiger partial charge is 0.239 e. The molecule has 6 nitrogen and oxygen atoms in total. The van der Waals surface area contributed by atoms with Crippen molar-refractivity contribution in [1.82, 2.24) is 14.9 Å². The van der Waals surface area contributed by atoms with Crippen LogP contribution >= 0.6 is 11.6 Å². The summed E-state index contributed by atoms with van der Waals surface area (Å²) in [7, 11) is 2.13. The topological polar surface area (TPSA) is 79.1 Å². The Morgan fingerprint density at radius 3 is 3.12 bits per heavy atom. The first-order chi connectivity index (χ1) is 8.20. The lowest BCUT2D eigenvalue weighted by Crippen LogP contribution is -2.31. The van der Waals surface area contributed by atoms with E-state index in [1.165, 1.54) is 19.0 Å². The second kappa shape index (κ2) is 5.48. The zero-order chi connectivity index (χ0) is 12.3. The van der Waals surface area contributed by atoms with Crippen molar-refractivity contribution in [3.05, 3.63) is 11.2 Å². The highest BCUT2D eigenvalue weighted by Crippen LogP contribution is 2.21. The van der Waals surface area contributed by atoms with E-state index in [1.807, 2.05) is 0 Å².